The van der Waals surface area contributed by atoms with Crippen LogP contribution in [0.25, 0.3) is 0 Å². The van der Waals surface area contributed by atoms with E-state index in [2.05, 4.69) is 5.32 Å². The van der Waals surface area contributed by atoms with Crippen molar-refractivity contribution < 1.29 is 9.50 Å². The zero-order chi connectivity index (χ0) is 12.5. The molecule has 0 heterocycles. The van der Waals surface area contributed by atoms with Gasteiger partial charge >= 0.3 is 0 Å². The van der Waals surface area contributed by atoms with Crippen LogP contribution in [0.5, 0.6) is 0 Å². The molecule has 0 bridgehead atoms. The number of aliphatic hydroxyl groups is 1. The first-order valence-corrected chi connectivity index (χ1v) is 5.61. The highest BCUT2D eigenvalue weighted by atomic mass is 35.5. The van der Waals surface area contributed by atoms with Gasteiger partial charge in [-0.05, 0) is 32.9 Å². The molecule has 16 heavy (non-hydrogen) atoms. The minimum Gasteiger partial charge on any atom is -0.388 e. The number of nitrogens with one attached hydrogen (secondary N) is 1. The Kier molecular flexibility index (Phi) is 4.05. The summed E-state index contributed by atoms with van der Waals surface area (Å²) in [7, 11) is 0. The van der Waals surface area contributed by atoms with E-state index in [1.807, 2.05) is 0 Å². The Morgan fingerprint density at radius 2 is 1.75 bits per heavy atom. The van der Waals surface area contributed by atoms with Crippen LogP contribution < -0.4 is 5.32 Å². The van der Waals surface area contributed by atoms with Crippen LogP contribution in [0, 0.1) is 5.82 Å². The molecule has 0 fully saturated rings. The molecule has 90 valence electrons. The first-order chi connectivity index (χ1) is 7.21. The van der Waals surface area contributed by atoms with Crippen molar-refractivity contribution in [3.63, 3.8) is 0 Å². The number of hydrogen-bond acceptors (Lipinski definition) is 2. The molecule has 0 aliphatic heterocycles. The maximum atomic E-state index is 12.9. The monoisotopic (exact) mass is 265 g/mol. The van der Waals surface area contributed by atoms with E-state index < -0.39 is 11.4 Å². The first-order valence-electron chi connectivity index (χ1n) is 4.85. The van der Waals surface area contributed by atoms with Crippen molar-refractivity contribution in [3.8, 4) is 0 Å². The molecular weight excluding hydrogens is 252 g/mol. The van der Waals surface area contributed by atoms with Gasteiger partial charge in [0.2, 0.25) is 0 Å². The zero-order valence-electron chi connectivity index (χ0n) is 9.31. The van der Waals surface area contributed by atoms with Crippen molar-refractivity contribution in [3.05, 3.63) is 28.0 Å². The minimum absolute atomic E-state index is 0.195. The highest BCUT2D eigenvalue weighted by Crippen LogP contribution is 2.32. The van der Waals surface area contributed by atoms with Crippen molar-refractivity contribution in [2.45, 2.75) is 32.4 Å². The Morgan fingerprint density at radius 3 is 2.12 bits per heavy atom. The molecule has 0 radical (unpaired) electrons. The molecule has 2 N–H and O–H groups in total. The standard InChI is InChI=1S/C11H14Cl2FNO/c1-6(11(2,3)16)15-10-8(12)4-7(14)5-9(10)13/h4-6,15-16H,1-3H3. The van der Waals surface area contributed by atoms with E-state index in [0.717, 1.165) is 0 Å². The number of hydrogen-bond donors (Lipinski definition) is 2. The third kappa shape index (κ3) is 3.24. The predicted molar refractivity (Wildman–Crippen MR) is 65.8 cm³/mol. The third-order valence-electron chi connectivity index (χ3n) is 2.43. The molecule has 0 spiro atoms. The quantitative estimate of drug-likeness (QED) is 0.874. The molecule has 0 saturated heterocycles. The molecule has 1 rings (SSSR count). The molecule has 0 aromatic heterocycles. The minimum atomic E-state index is -0.930. The molecular formula is C11H14Cl2FNO. The van der Waals surface area contributed by atoms with Gasteiger partial charge in [-0.1, -0.05) is 23.2 Å². The van der Waals surface area contributed by atoms with Crippen LogP contribution in [-0.2, 0) is 0 Å². The second-order valence-electron chi connectivity index (χ2n) is 4.26. The number of benzene rings is 1. The smallest absolute Gasteiger partial charge is 0.126 e. The fourth-order valence-corrected chi connectivity index (χ4v) is 1.64. The van der Waals surface area contributed by atoms with Crippen LogP contribution >= 0.6 is 23.2 Å². The lowest BCUT2D eigenvalue weighted by atomic mass is 10.0. The van der Waals surface area contributed by atoms with Gasteiger partial charge in [-0.2, -0.15) is 0 Å². The average Bonchev–Trinajstić information content (AvgIpc) is 2.08. The Bertz CT molecular complexity index is 367. The molecule has 1 unspecified atom stereocenters. The molecule has 5 heteroatoms. The molecule has 0 aliphatic carbocycles. The second-order valence-corrected chi connectivity index (χ2v) is 5.08. The fourth-order valence-electron chi connectivity index (χ4n) is 1.07. The van der Waals surface area contributed by atoms with Crippen LogP contribution in [0.2, 0.25) is 10.0 Å². The van der Waals surface area contributed by atoms with Crippen LogP contribution in [0.3, 0.4) is 0 Å². The molecule has 0 aliphatic rings. The lowest BCUT2D eigenvalue weighted by Gasteiger charge is -2.28. The van der Waals surface area contributed by atoms with Gasteiger partial charge in [-0.15, -0.1) is 0 Å². The Labute approximate surface area is 104 Å². The van der Waals surface area contributed by atoms with Crippen LogP contribution in [0.1, 0.15) is 20.8 Å². The Balaban J connectivity index is 2.98. The maximum Gasteiger partial charge on any atom is 0.126 e. The summed E-state index contributed by atoms with van der Waals surface area (Å²) in [5, 5.41) is 13.1. The zero-order valence-corrected chi connectivity index (χ0v) is 10.8. The molecule has 0 amide bonds. The van der Waals surface area contributed by atoms with E-state index in [1.165, 1.54) is 12.1 Å². The summed E-state index contributed by atoms with van der Waals surface area (Å²) in [4.78, 5) is 0. The molecule has 2 nitrogen and oxygen atoms in total. The van der Waals surface area contributed by atoms with E-state index in [1.54, 1.807) is 20.8 Å². The lowest BCUT2D eigenvalue weighted by molar-refractivity contribution is 0.0649. The largest absolute Gasteiger partial charge is 0.388 e. The van der Waals surface area contributed by atoms with Crippen molar-refractivity contribution in [2.75, 3.05) is 5.32 Å². The fraction of sp³-hybridized carbons (Fsp3) is 0.455. The predicted octanol–water partition coefficient (Wildman–Crippen LogP) is 3.70. The van der Waals surface area contributed by atoms with Crippen LogP contribution in [0.4, 0.5) is 10.1 Å². The van der Waals surface area contributed by atoms with Crippen molar-refractivity contribution >= 4 is 28.9 Å². The van der Waals surface area contributed by atoms with Crippen molar-refractivity contribution in [1.82, 2.24) is 0 Å². The van der Waals surface area contributed by atoms with E-state index >= 15 is 0 Å². The van der Waals surface area contributed by atoms with E-state index in [4.69, 9.17) is 23.2 Å². The highest BCUT2D eigenvalue weighted by Gasteiger charge is 2.23. The summed E-state index contributed by atoms with van der Waals surface area (Å²) >= 11 is 11.7. The topological polar surface area (TPSA) is 32.3 Å². The first kappa shape index (κ1) is 13.6. The lowest BCUT2D eigenvalue weighted by Crippen LogP contribution is -2.39. The van der Waals surface area contributed by atoms with E-state index in [0.29, 0.717) is 5.69 Å². The average molecular weight is 266 g/mol. The number of rotatable bonds is 3. The summed E-state index contributed by atoms with van der Waals surface area (Å²) in [5.41, 5.74) is -0.500. The Morgan fingerprint density at radius 1 is 1.31 bits per heavy atom. The van der Waals surface area contributed by atoms with Gasteiger partial charge < -0.3 is 10.4 Å². The second kappa shape index (κ2) is 4.78. The van der Waals surface area contributed by atoms with E-state index in [-0.39, 0.29) is 16.1 Å². The normalized spacial score (nSPS) is 13.7. The van der Waals surface area contributed by atoms with Gasteiger partial charge in [-0.3, -0.25) is 0 Å². The molecule has 1 aromatic rings. The van der Waals surface area contributed by atoms with Crippen molar-refractivity contribution in [2.24, 2.45) is 0 Å². The number of anilines is 1. The Hall–Kier alpha value is -0.510. The summed E-state index contributed by atoms with van der Waals surface area (Å²) in [6.45, 7) is 5.11. The van der Waals surface area contributed by atoms with Crippen molar-refractivity contribution in [1.29, 1.82) is 0 Å². The van der Waals surface area contributed by atoms with Gasteiger partial charge in [0.15, 0.2) is 0 Å². The summed E-state index contributed by atoms with van der Waals surface area (Å²) < 4.78 is 12.9. The summed E-state index contributed by atoms with van der Waals surface area (Å²) in [6.07, 6.45) is 0. The van der Waals surface area contributed by atoms with Crippen LogP contribution in [-0.4, -0.2) is 16.7 Å². The van der Waals surface area contributed by atoms with Crippen LogP contribution in [0.15, 0.2) is 12.1 Å². The summed E-state index contributed by atoms with van der Waals surface area (Å²) in [5.74, 6) is -0.489. The third-order valence-corrected chi connectivity index (χ3v) is 3.02. The van der Waals surface area contributed by atoms with Gasteiger partial charge in [0, 0.05) is 0 Å². The SMILES string of the molecule is CC(Nc1c(Cl)cc(F)cc1Cl)C(C)(C)O. The summed E-state index contributed by atoms with van der Waals surface area (Å²) in [6, 6.07) is 2.08. The van der Waals surface area contributed by atoms with Gasteiger partial charge in [0.1, 0.15) is 5.82 Å². The van der Waals surface area contributed by atoms with E-state index in [9.17, 15) is 9.50 Å². The van der Waals surface area contributed by atoms with Gasteiger partial charge in [0.25, 0.3) is 0 Å². The molecule has 0 saturated carbocycles. The number of halogens is 3. The highest BCUT2D eigenvalue weighted by molar-refractivity contribution is 6.39. The van der Waals surface area contributed by atoms with Gasteiger partial charge in [-0.25, -0.2) is 4.39 Å². The maximum absolute atomic E-state index is 12.9. The van der Waals surface area contributed by atoms with Gasteiger partial charge in [0.05, 0.1) is 27.4 Å². The molecule has 1 atom stereocenters. The molecule has 1 aromatic carbocycles.